The SMILES string of the molecule is CCN(CC)CCCN(CC)c1ccnc(N)c1. The van der Waals surface area contributed by atoms with Gasteiger partial charge in [-0.25, -0.2) is 4.98 Å². The molecule has 102 valence electrons. The molecule has 0 spiro atoms. The third kappa shape index (κ3) is 4.53. The Balaban J connectivity index is 2.47. The molecule has 1 rings (SSSR count). The van der Waals surface area contributed by atoms with Crippen LogP contribution < -0.4 is 10.6 Å². The fraction of sp³-hybridized carbons (Fsp3) is 0.643. The Bertz CT molecular complexity index is 336. The molecule has 1 heterocycles. The van der Waals surface area contributed by atoms with Gasteiger partial charge >= 0.3 is 0 Å². The van der Waals surface area contributed by atoms with Gasteiger partial charge in [0, 0.05) is 31.0 Å². The maximum absolute atomic E-state index is 5.73. The highest BCUT2D eigenvalue weighted by Crippen LogP contribution is 2.15. The van der Waals surface area contributed by atoms with Crippen molar-refractivity contribution in [3.05, 3.63) is 18.3 Å². The number of rotatable bonds is 8. The highest BCUT2D eigenvalue weighted by molar-refractivity contribution is 5.51. The second-order valence-electron chi connectivity index (χ2n) is 4.40. The first-order chi connectivity index (χ1) is 8.71. The van der Waals surface area contributed by atoms with Crippen molar-refractivity contribution in [3.63, 3.8) is 0 Å². The number of aromatic nitrogens is 1. The van der Waals surface area contributed by atoms with Crippen LogP contribution in [0.15, 0.2) is 18.3 Å². The van der Waals surface area contributed by atoms with E-state index in [0.29, 0.717) is 5.82 Å². The molecule has 4 heteroatoms. The summed E-state index contributed by atoms with van der Waals surface area (Å²) in [5, 5.41) is 0. The molecule has 18 heavy (non-hydrogen) atoms. The molecule has 0 atom stereocenters. The molecule has 1 aromatic rings. The van der Waals surface area contributed by atoms with Crippen LogP contribution in [0.5, 0.6) is 0 Å². The minimum absolute atomic E-state index is 0.592. The van der Waals surface area contributed by atoms with Crippen LogP contribution in [-0.4, -0.2) is 42.6 Å². The molecule has 0 saturated carbocycles. The molecule has 0 unspecified atom stereocenters. The Morgan fingerprint density at radius 3 is 2.39 bits per heavy atom. The monoisotopic (exact) mass is 250 g/mol. The Labute approximate surface area is 111 Å². The fourth-order valence-corrected chi connectivity index (χ4v) is 2.13. The van der Waals surface area contributed by atoms with Crippen molar-refractivity contribution in [2.75, 3.05) is 43.4 Å². The zero-order chi connectivity index (χ0) is 13.4. The zero-order valence-corrected chi connectivity index (χ0v) is 11.9. The second-order valence-corrected chi connectivity index (χ2v) is 4.40. The van der Waals surface area contributed by atoms with E-state index in [1.54, 1.807) is 6.20 Å². The number of hydrogen-bond donors (Lipinski definition) is 1. The largest absolute Gasteiger partial charge is 0.384 e. The van der Waals surface area contributed by atoms with Gasteiger partial charge in [0.15, 0.2) is 0 Å². The molecule has 4 nitrogen and oxygen atoms in total. The topological polar surface area (TPSA) is 45.4 Å². The zero-order valence-electron chi connectivity index (χ0n) is 11.9. The smallest absolute Gasteiger partial charge is 0.125 e. The third-order valence-electron chi connectivity index (χ3n) is 3.31. The summed E-state index contributed by atoms with van der Waals surface area (Å²) in [6, 6.07) is 3.97. The van der Waals surface area contributed by atoms with Gasteiger partial charge in [-0.15, -0.1) is 0 Å². The highest BCUT2D eigenvalue weighted by atomic mass is 15.1. The first kappa shape index (κ1) is 14.8. The Hall–Kier alpha value is -1.29. The van der Waals surface area contributed by atoms with Gasteiger partial charge in [-0.3, -0.25) is 0 Å². The predicted octanol–water partition coefficient (Wildman–Crippen LogP) is 2.22. The molecule has 0 bridgehead atoms. The van der Waals surface area contributed by atoms with Gasteiger partial charge in [-0.05, 0) is 39.0 Å². The van der Waals surface area contributed by atoms with E-state index < -0.39 is 0 Å². The first-order valence-electron chi connectivity index (χ1n) is 6.90. The molecule has 0 aromatic carbocycles. The molecule has 0 amide bonds. The van der Waals surface area contributed by atoms with Gasteiger partial charge < -0.3 is 15.5 Å². The summed E-state index contributed by atoms with van der Waals surface area (Å²) >= 11 is 0. The summed E-state index contributed by atoms with van der Waals surface area (Å²) in [6.07, 6.45) is 2.95. The van der Waals surface area contributed by atoms with Crippen molar-refractivity contribution in [2.24, 2.45) is 0 Å². The molecule has 0 aliphatic carbocycles. The summed E-state index contributed by atoms with van der Waals surface area (Å²) < 4.78 is 0. The van der Waals surface area contributed by atoms with Crippen LogP contribution in [0.3, 0.4) is 0 Å². The van der Waals surface area contributed by atoms with E-state index in [4.69, 9.17) is 5.73 Å². The molecular weight excluding hydrogens is 224 g/mol. The van der Waals surface area contributed by atoms with Crippen LogP contribution >= 0.6 is 0 Å². The summed E-state index contributed by atoms with van der Waals surface area (Å²) in [6.45, 7) is 12.1. The van der Waals surface area contributed by atoms with Crippen molar-refractivity contribution in [1.29, 1.82) is 0 Å². The van der Waals surface area contributed by atoms with E-state index >= 15 is 0 Å². The Morgan fingerprint density at radius 2 is 1.83 bits per heavy atom. The van der Waals surface area contributed by atoms with Crippen molar-refractivity contribution in [2.45, 2.75) is 27.2 Å². The van der Waals surface area contributed by atoms with Crippen LogP contribution in [0.25, 0.3) is 0 Å². The lowest BCUT2D eigenvalue weighted by Crippen LogP contribution is -2.30. The number of pyridine rings is 1. The second kappa shape index (κ2) is 7.93. The summed E-state index contributed by atoms with van der Waals surface area (Å²) in [4.78, 5) is 8.84. The Kier molecular flexibility index (Phi) is 6.50. The van der Waals surface area contributed by atoms with Crippen LogP contribution in [-0.2, 0) is 0 Å². The van der Waals surface area contributed by atoms with Crippen molar-refractivity contribution in [3.8, 4) is 0 Å². The predicted molar refractivity (Wildman–Crippen MR) is 78.9 cm³/mol. The van der Waals surface area contributed by atoms with Crippen molar-refractivity contribution < 1.29 is 0 Å². The number of anilines is 2. The molecule has 0 saturated heterocycles. The molecule has 2 N–H and O–H groups in total. The van der Waals surface area contributed by atoms with Gasteiger partial charge in [0.1, 0.15) is 5.82 Å². The fourth-order valence-electron chi connectivity index (χ4n) is 2.13. The third-order valence-corrected chi connectivity index (χ3v) is 3.31. The van der Waals surface area contributed by atoms with Crippen LogP contribution in [0.1, 0.15) is 27.2 Å². The van der Waals surface area contributed by atoms with Gasteiger partial charge in [0.25, 0.3) is 0 Å². The molecule has 0 fully saturated rings. The average Bonchev–Trinajstić information content (AvgIpc) is 2.39. The summed E-state index contributed by atoms with van der Waals surface area (Å²) in [7, 11) is 0. The van der Waals surface area contributed by atoms with E-state index in [-0.39, 0.29) is 0 Å². The summed E-state index contributed by atoms with van der Waals surface area (Å²) in [5.74, 6) is 0.592. The first-order valence-corrected chi connectivity index (χ1v) is 6.90. The van der Waals surface area contributed by atoms with Gasteiger partial charge in [0.2, 0.25) is 0 Å². The van der Waals surface area contributed by atoms with E-state index in [2.05, 4.69) is 35.6 Å². The van der Waals surface area contributed by atoms with E-state index in [1.807, 2.05) is 12.1 Å². The minimum atomic E-state index is 0.592. The average molecular weight is 250 g/mol. The standard InChI is InChI=1S/C14H26N4/c1-4-17(5-2)10-7-11-18(6-3)13-8-9-16-14(15)12-13/h8-9,12H,4-7,10-11H2,1-3H3,(H2,15,16). The molecular formula is C14H26N4. The molecule has 1 aromatic heterocycles. The van der Waals surface area contributed by atoms with Gasteiger partial charge in [0.05, 0.1) is 0 Å². The van der Waals surface area contributed by atoms with Gasteiger partial charge in [-0.1, -0.05) is 13.8 Å². The van der Waals surface area contributed by atoms with Gasteiger partial charge in [-0.2, -0.15) is 0 Å². The van der Waals surface area contributed by atoms with Crippen LogP contribution in [0, 0.1) is 0 Å². The number of nitrogens with zero attached hydrogens (tertiary/aromatic N) is 3. The van der Waals surface area contributed by atoms with Crippen molar-refractivity contribution in [1.82, 2.24) is 9.88 Å². The lowest BCUT2D eigenvalue weighted by atomic mass is 10.3. The Morgan fingerprint density at radius 1 is 1.11 bits per heavy atom. The summed E-state index contributed by atoms with van der Waals surface area (Å²) in [5.41, 5.74) is 6.90. The van der Waals surface area contributed by atoms with E-state index in [1.165, 1.54) is 12.1 Å². The maximum atomic E-state index is 5.73. The lowest BCUT2D eigenvalue weighted by molar-refractivity contribution is 0.301. The van der Waals surface area contributed by atoms with E-state index in [9.17, 15) is 0 Å². The molecule has 0 aliphatic rings. The van der Waals surface area contributed by atoms with Crippen molar-refractivity contribution >= 4 is 11.5 Å². The van der Waals surface area contributed by atoms with Crippen LogP contribution in [0.2, 0.25) is 0 Å². The van der Waals surface area contributed by atoms with Crippen LogP contribution in [0.4, 0.5) is 11.5 Å². The quantitative estimate of drug-likeness (QED) is 0.768. The maximum Gasteiger partial charge on any atom is 0.125 e. The highest BCUT2D eigenvalue weighted by Gasteiger charge is 2.06. The normalized spacial score (nSPS) is 10.9. The number of nitrogen functional groups attached to an aromatic ring is 1. The molecule has 0 aliphatic heterocycles. The minimum Gasteiger partial charge on any atom is -0.384 e. The molecule has 0 radical (unpaired) electrons. The number of hydrogen-bond acceptors (Lipinski definition) is 4. The number of nitrogens with two attached hydrogens (primary N) is 1. The van der Waals surface area contributed by atoms with E-state index in [0.717, 1.165) is 32.7 Å². The lowest BCUT2D eigenvalue weighted by Gasteiger charge is -2.25.